The van der Waals surface area contributed by atoms with E-state index in [-0.39, 0.29) is 0 Å². The van der Waals surface area contributed by atoms with E-state index in [1.54, 1.807) is 0 Å². The minimum absolute atomic E-state index is 0.524. The molecule has 0 saturated carbocycles. The molecule has 0 amide bonds. The summed E-state index contributed by atoms with van der Waals surface area (Å²) < 4.78 is 0. The summed E-state index contributed by atoms with van der Waals surface area (Å²) in [5.41, 5.74) is 4.64. The first-order valence-corrected chi connectivity index (χ1v) is 5.76. The number of nitrogens with zero attached hydrogens (tertiary/aromatic N) is 1. The van der Waals surface area contributed by atoms with E-state index in [9.17, 15) is 0 Å². The predicted molar refractivity (Wildman–Crippen MR) is 73.1 cm³/mol. The molecular weight excluding hydrogens is 242 g/mol. The Balaban J connectivity index is 2.63. The van der Waals surface area contributed by atoms with Gasteiger partial charge >= 0.3 is 0 Å². The Bertz CT molecular complexity index is 387. The van der Waals surface area contributed by atoms with E-state index in [0.717, 1.165) is 17.8 Å². The molecule has 0 fully saturated rings. The predicted octanol–water partition coefficient (Wildman–Crippen LogP) is 2.55. The zero-order chi connectivity index (χ0) is 12.0. The van der Waals surface area contributed by atoms with Crippen LogP contribution in [-0.2, 0) is 0 Å². The Kier molecular flexibility index (Phi) is 5.22. The first kappa shape index (κ1) is 12.9. The number of thiocarbonyl (C=S) groups is 1. The Morgan fingerprint density at radius 1 is 1.38 bits per heavy atom. The average Bonchev–Trinajstić information content (AvgIpc) is 2.27. The van der Waals surface area contributed by atoms with Crippen molar-refractivity contribution in [3.63, 3.8) is 0 Å². The smallest absolute Gasteiger partial charge is 0.186 e. The molecule has 16 heavy (non-hydrogen) atoms. The highest BCUT2D eigenvalue weighted by atomic mass is 35.5. The van der Waals surface area contributed by atoms with Gasteiger partial charge in [0, 0.05) is 11.6 Å². The van der Waals surface area contributed by atoms with E-state index in [4.69, 9.17) is 23.8 Å². The first-order chi connectivity index (χ1) is 7.63. The van der Waals surface area contributed by atoms with Gasteiger partial charge in [-0.05, 0) is 43.8 Å². The minimum Gasteiger partial charge on any atom is -0.362 e. The molecule has 0 aliphatic heterocycles. The van der Waals surface area contributed by atoms with E-state index >= 15 is 0 Å². The molecule has 0 aromatic heterocycles. The zero-order valence-corrected chi connectivity index (χ0v) is 10.8. The second kappa shape index (κ2) is 6.45. The number of nitrogens with one attached hydrogen (secondary N) is 2. The lowest BCUT2D eigenvalue weighted by Gasteiger charge is -2.05. The van der Waals surface area contributed by atoms with Crippen LogP contribution in [0.5, 0.6) is 0 Å². The maximum atomic E-state index is 5.80. The highest BCUT2D eigenvalue weighted by Crippen LogP contribution is 2.09. The largest absolute Gasteiger partial charge is 0.362 e. The maximum Gasteiger partial charge on any atom is 0.186 e. The molecule has 0 unspecified atom stereocenters. The lowest BCUT2D eigenvalue weighted by molar-refractivity contribution is 0.901. The van der Waals surface area contributed by atoms with Gasteiger partial charge in [0.15, 0.2) is 5.11 Å². The molecule has 0 aliphatic rings. The number of rotatable bonds is 3. The van der Waals surface area contributed by atoms with Crippen molar-refractivity contribution < 1.29 is 0 Å². The highest BCUT2D eigenvalue weighted by molar-refractivity contribution is 7.80. The number of hydrazone groups is 1. The third-order valence-electron chi connectivity index (χ3n) is 1.92. The highest BCUT2D eigenvalue weighted by Gasteiger charge is 1.97. The van der Waals surface area contributed by atoms with Gasteiger partial charge in [0.05, 0.1) is 5.71 Å². The van der Waals surface area contributed by atoms with E-state index in [0.29, 0.717) is 10.1 Å². The van der Waals surface area contributed by atoms with Crippen LogP contribution in [0.1, 0.15) is 19.4 Å². The molecule has 0 aliphatic carbocycles. The molecule has 0 saturated heterocycles. The van der Waals surface area contributed by atoms with Gasteiger partial charge in [-0.25, -0.2) is 0 Å². The summed E-state index contributed by atoms with van der Waals surface area (Å²) in [5, 5.41) is 8.36. The zero-order valence-electron chi connectivity index (χ0n) is 9.25. The summed E-state index contributed by atoms with van der Waals surface area (Å²) in [7, 11) is 0. The molecule has 3 nitrogen and oxygen atoms in total. The first-order valence-electron chi connectivity index (χ1n) is 4.97. The van der Waals surface area contributed by atoms with Gasteiger partial charge < -0.3 is 5.32 Å². The van der Waals surface area contributed by atoms with Crippen molar-refractivity contribution >= 4 is 34.6 Å². The average molecular weight is 256 g/mol. The van der Waals surface area contributed by atoms with E-state index < -0.39 is 0 Å². The summed E-state index contributed by atoms with van der Waals surface area (Å²) in [4.78, 5) is 0. The van der Waals surface area contributed by atoms with Crippen molar-refractivity contribution in [1.29, 1.82) is 0 Å². The van der Waals surface area contributed by atoms with E-state index in [2.05, 4.69) is 15.8 Å². The second-order valence-electron chi connectivity index (χ2n) is 3.18. The van der Waals surface area contributed by atoms with Gasteiger partial charge in [0.1, 0.15) is 0 Å². The van der Waals surface area contributed by atoms with Crippen molar-refractivity contribution in [2.45, 2.75) is 13.8 Å². The third-order valence-corrected chi connectivity index (χ3v) is 2.41. The molecular formula is C11H14ClN3S. The lowest BCUT2D eigenvalue weighted by atomic mass is 10.1. The molecule has 1 rings (SSSR count). The normalized spacial score (nSPS) is 11.1. The fraction of sp³-hybridized carbons (Fsp3) is 0.273. The van der Waals surface area contributed by atoms with Gasteiger partial charge in [0.2, 0.25) is 0 Å². The van der Waals surface area contributed by atoms with Crippen molar-refractivity contribution in [3.05, 3.63) is 34.9 Å². The van der Waals surface area contributed by atoms with Crippen LogP contribution in [0, 0.1) is 0 Å². The van der Waals surface area contributed by atoms with Crippen LogP contribution in [0.15, 0.2) is 29.4 Å². The van der Waals surface area contributed by atoms with Gasteiger partial charge in [-0.15, -0.1) is 0 Å². The second-order valence-corrected chi connectivity index (χ2v) is 4.02. The van der Waals surface area contributed by atoms with Crippen LogP contribution in [0.25, 0.3) is 0 Å². The molecule has 2 N–H and O–H groups in total. The Hall–Kier alpha value is -1.13. The Labute approximate surface area is 106 Å². The third kappa shape index (κ3) is 4.16. The Morgan fingerprint density at radius 3 is 2.56 bits per heavy atom. The molecule has 0 bridgehead atoms. The summed E-state index contributed by atoms with van der Waals surface area (Å²) in [6.07, 6.45) is 0. The van der Waals surface area contributed by atoms with Crippen LogP contribution in [0.2, 0.25) is 5.02 Å². The van der Waals surface area contributed by atoms with Crippen molar-refractivity contribution in [3.8, 4) is 0 Å². The van der Waals surface area contributed by atoms with Crippen LogP contribution >= 0.6 is 23.8 Å². The summed E-state index contributed by atoms with van der Waals surface area (Å²) >= 11 is 10.8. The van der Waals surface area contributed by atoms with Gasteiger partial charge in [-0.1, -0.05) is 23.7 Å². The van der Waals surface area contributed by atoms with Gasteiger partial charge in [-0.2, -0.15) is 5.10 Å². The van der Waals surface area contributed by atoms with Crippen molar-refractivity contribution in [1.82, 2.24) is 10.7 Å². The summed E-state index contributed by atoms with van der Waals surface area (Å²) in [6.45, 7) is 4.66. The lowest BCUT2D eigenvalue weighted by Crippen LogP contribution is -2.32. The monoisotopic (exact) mass is 255 g/mol. The summed E-state index contributed by atoms with van der Waals surface area (Å²) in [5.74, 6) is 0. The number of hydrogen-bond acceptors (Lipinski definition) is 2. The number of hydrogen-bond donors (Lipinski definition) is 2. The fourth-order valence-corrected chi connectivity index (χ4v) is 1.41. The molecule has 1 aromatic carbocycles. The van der Waals surface area contributed by atoms with Gasteiger partial charge in [0.25, 0.3) is 0 Å². The molecule has 1 aromatic rings. The topological polar surface area (TPSA) is 36.4 Å². The van der Waals surface area contributed by atoms with Crippen LogP contribution in [0.3, 0.4) is 0 Å². The molecule has 0 spiro atoms. The van der Waals surface area contributed by atoms with Gasteiger partial charge in [-0.3, -0.25) is 5.43 Å². The number of benzene rings is 1. The molecule has 0 heterocycles. The van der Waals surface area contributed by atoms with Crippen LogP contribution in [-0.4, -0.2) is 17.4 Å². The van der Waals surface area contributed by atoms with E-state index in [1.165, 1.54) is 0 Å². The van der Waals surface area contributed by atoms with Crippen LogP contribution in [0.4, 0.5) is 0 Å². The van der Waals surface area contributed by atoms with Crippen LogP contribution < -0.4 is 10.7 Å². The van der Waals surface area contributed by atoms with E-state index in [1.807, 2.05) is 38.1 Å². The standard InChI is InChI=1S/C11H14ClN3S/c1-3-13-11(16)15-14-8(2)9-4-6-10(12)7-5-9/h4-7H,3H2,1-2H3,(H2,13,15,16)/b14-8-. The summed E-state index contributed by atoms with van der Waals surface area (Å²) in [6, 6.07) is 7.50. The fourth-order valence-electron chi connectivity index (χ4n) is 1.09. The van der Waals surface area contributed by atoms with Crippen molar-refractivity contribution in [2.75, 3.05) is 6.54 Å². The van der Waals surface area contributed by atoms with Crippen molar-refractivity contribution in [2.24, 2.45) is 5.10 Å². The molecule has 86 valence electrons. The quantitative estimate of drug-likeness (QED) is 0.495. The molecule has 0 radical (unpaired) electrons. The SMILES string of the molecule is CCNC(=S)N/N=C(/C)c1ccc(Cl)cc1. The maximum absolute atomic E-state index is 5.80. The molecule has 0 atom stereocenters. The minimum atomic E-state index is 0.524. The number of halogens is 1. The molecule has 5 heteroatoms. The Morgan fingerprint density at radius 2 is 2.00 bits per heavy atom.